The van der Waals surface area contributed by atoms with E-state index in [4.69, 9.17) is 21.1 Å². The van der Waals surface area contributed by atoms with E-state index in [9.17, 15) is 14.4 Å². The maximum Gasteiger partial charge on any atom is 0.326 e. The first-order chi connectivity index (χ1) is 13.4. The van der Waals surface area contributed by atoms with Crippen LogP contribution < -0.4 is 15.0 Å². The molecule has 0 aliphatic carbocycles. The number of carbonyl (C=O) groups is 3. The number of rotatable bonds is 5. The van der Waals surface area contributed by atoms with Crippen molar-refractivity contribution in [3.8, 4) is 5.75 Å². The zero-order valence-electron chi connectivity index (χ0n) is 15.2. The summed E-state index contributed by atoms with van der Waals surface area (Å²) >= 11 is 5.81. The van der Waals surface area contributed by atoms with Gasteiger partial charge in [0, 0.05) is 10.7 Å². The van der Waals surface area contributed by atoms with Crippen LogP contribution in [0.3, 0.4) is 0 Å². The van der Waals surface area contributed by atoms with Crippen molar-refractivity contribution in [3.63, 3.8) is 0 Å². The van der Waals surface area contributed by atoms with Gasteiger partial charge in [-0.2, -0.15) is 0 Å². The molecule has 0 radical (unpaired) electrons. The summed E-state index contributed by atoms with van der Waals surface area (Å²) in [5.74, 6) is -0.903. The molecular formula is C20H19ClN2O5. The highest BCUT2D eigenvalue weighted by Crippen LogP contribution is 2.30. The highest BCUT2D eigenvalue weighted by atomic mass is 35.5. The molecule has 3 rings (SSSR count). The van der Waals surface area contributed by atoms with Crippen molar-refractivity contribution < 1.29 is 23.9 Å². The number of nitrogens with zero attached hydrogens (tertiary/aromatic N) is 1. The second-order valence-electron chi connectivity index (χ2n) is 6.17. The zero-order chi connectivity index (χ0) is 20.1. The molecule has 0 fully saturated rings. The van der Waals surface area contributed by atoms with Gasteiger partial charge >= 0.3 is 5.97 Å². The lowest BCUT2D eigenvalue weighted by Gasteiger charge is -2.22. The van der Waals surface area contributed by atoms with Crippen LogP contribution in [0.2, 0.25) is 5.02 Å². The first kappa shape index (κ1) is 19.7. The topological polar surface area (TPSA) is 84.9 Å². The minimum absolute atomic E-state index is 0.147. The number of halogens is 1. The van der Waals surface area contributed by atoms with Crippen LogP contribution in [0.5, 0.6) is 5.75 Å². The molecule has 2 aromatic carbocycles. The van der Waals surface area contributed by atoms with Gasteiger partial charge in [0.05, 0.1) is 18.7 Å². The normalized spacial score (nSPS) is 14.4. The number of anilines is 2. The Morgan fingerprint density at radius 2 is 1.93 bits per heavy atom. The maximum absolute atomic E-state index is 12.3. The summed E-state index contributed by atoms with van der Waals surface area (Å²) in [6.07, 6.45) is -0.883. The number of carbonyl (C=O) groups excluding carboxylic acids is 3. The van der Waals surface area contributed by atoms with Crippen molar-refractivity contribution in [2.75, 3.05) is 23.4 Å². The molecule has 1 aliphatic heterocycles. The molecule has 8 heteroatoms. The lowest BCUT2D eigenvalue weighted by atomic mass is 10.2. The number of ether oxygens (including phenoxy) is 2. The van der Waals surface area contributed by atoms with E-state index in [1.807, 2.05) is 0 Å². The van der Waals surface area contributed by atoms with Crippen LogP contribution in [0.15, 0.2) is 48.5 Å². The number of para-hydroxylation sites is 2. The van der Waals surface area contributed by atoms with Crippen molar-refractivity contribution in [1.82, 2.24) is 0 Å². The van der Waals surface area contributed by atoms with Crippen LogP contribution >= 0.6 is 11.6 Å². The van der Waals surface area contributed by atoms with E-state index in [2.05, 4.69) is 5.32 Å². The first-order valence-electron chi connectivity index (χ1n) is 8.72. The maximum atomic E-state index is 12.3. The second-order valence-corrected chi connectivity index (χ2v) is 6.61. The predicted octanol–water partition coefficient (Wildman–Crippen LogP) is 3.03. The molecule has 7 nitrogen and oxygen atoms in total. The molecule has 1 N–H and O–H groups in total. The number of hydrogen-bond donors (Lipinski definition) is 1. The number of nitrogens with one attached hydrogen (secondary N) is 1. The molecule has 0 spiro atoms. The summed E-state index contributed by atoms with van der Waals surface area (Å²) in [7, 11) is 0. The van der Waals surface area contributed by atoms with Gasteiger partial charge in [-0.05, 0) is 43.3 Å². The van der Waals surface area contributed by atoms with Crippen LogP contribution in [0.25, 0.3) is 0 Å². The first-order valence-corrected chi connectivity index (χ1v) is 9.10. The van der Waals surface area contributed by atoms with Crippen LogP contribution in [0, 0.1) is 0 Å². The predicted molar refractivity (Wildman–Crippen MR) is 105 cm³/mol. The van der Waals surface area contributed by atoms with E-state index < -0.39 is 18.0 Å². The molecule has 1 aliphatic rings. The minimum Gasteiger partial charge on any atom is -0.491 e. The van der Waals surface area contributed by atoms with E-state index in [0.717, 1.165) is 0 Å². The molecule has 0 aromatic heterocycles. The Morgan fingerprint density at radius 3 is 2.68 bits per heavy atom. The summed E-state index contributed by atoms with van der Waals surface area (Å²) in [5.41, 5.74) is 1.03. The molecule has 146 valence electrons. The van der Waals surface area contributed by atoms with Gasteiger partial charge in [-0.1, -0.05) is 23.7 Å². The molecule has 1 atom stereocenters. The molecule has 0 saturated heterocycles. The molecule has 0 bridgehead atoms. The zero-order valence-corrected chi connectivity index (χ0v) is 15.9. The molecule has 0 unspecified atom stereocenters. The lowest BCUT2D eigenvalue weighted by molar-refractivity contribution is -0.152. The largest absolute Gasteiger partial charge is 0.491 e. The van der Waals surface area contributed by atoms with E-state index in [-0.39, 0.29) is 25.5 Å². The highest BCUT2D eigenvalue weighted by molar-refractivity contribution is 6.30. The van der Waals surface area contributed by atoms with Gasteiger partial charge in [0.15, 0.2) is 6.10 Å². The molecule has 2 amide bonds. The van der Waals surface area contributed by atoms with Crippen molar-refractivity contribution in [1.29, 1.82) is 0 Å². The second kappa shape index (κ2) is 8.75. The molecular weight excluding hydrogens is 384 g/mol. The van der Waals surface area contributed by atoms with Crippen molar-refractivity contribution in [2.24, 2.45) is 0 Å². The Morgan fingerprint density at radius 1 is 1.21 bits per heavy atom. The third-order valence-electron chi connectivity index (χ3n) is 4.11. The minimum atomic E-state index is -1.03. The number of fused-ring (bicyclic) bond motifs is 1. The van der Waals surface area contributed by atoms with E-state index in [1.165, 1.54) is 11.8 Å². The average Bonchev–Trinajstić information content (AvgIpc) is 2.83. The fraction of sp³-hybridized carbons (Fsp3) is 0.250. The summed E-state index contributed by atoms with van der Waals surface area (Å²) in [6, 6.07) is 13.5. The van der Waals surface area contributed by atoms with Gasteiger partial charge in [0.2, 0.25) is 5.91 Å². The third-order valence-corrected chi connectivity index (χ3v) is 4.36. The Hall–Kier alpha value is -3.06. The van der Waals surface area contributed by atoms with Crippen molar-refractivity contribution >= 4 is 40.8 Å². The molecule has 0 saturated carbocycles. The monoisotopic (exact) mass is 402 g/mol. The van der Waals surface area contributed by atoms with Crippen LogP contribution in [0.1, 0.15) is 13.3 Å². The Labute approximate surface area is 167 Å². The van der Waals surface area contributed by atoms with E-state index in [1.54, 1.807) is 48.5 Å². The number of hydrogen-bond acceptors (Lipinski definition) is 5. The average molecular weight is 403 g/mol. The van der Waals surface area contributed by atoms with E-state index in [0.29, 0.717) is 22.1 Å². The number of esters is 1. The third kappa shape index (κ3) is 4.80. The quantitative estimate of drug-likeness (QED) is 0.777. The van der Waals surface area contributed by atoms with Gasteiger partial charge in [0.1, 0.15) is 12.3 Å². The number of amides is 2. The van der Waals surface area contributed by atoms with Crippen molar-refractivity contribution in [2.45, 2.75) is 19.4 Å². The van der Waals surface area contributed by atoms with Gasteiger partial charge < -0.3 is 14.8 Å². The van der Waals surface area contributed by atoms with Crippen LogP contribution in [-0.2, 0) is 19.1 Å². The lowest BCUT2D eigenvalue weighted by Crippen LogP contribution is -2.39. The van der Waals surface area contributed by atoms with Gasteiger partial charge in [-0.25, -0.2) is 0 Å². The van der Waals surface area contributed by atoms with Crippen LogP contribution in [0.4, 0.5) is 11.4 Å². The molecule has 1 heterocycles. The molecule has 28 heavy (non-hydrogen) atoms. The summed E-state index contributed by atoms with van der Waals surface area (Å²) in [5, 5.41) is 3.18. The number of benzene rings is 2. The van der Waals surface area contributed by atoms with E-state index >= 15 is 0 Å². The highest BCUT2D eigenvalue weighted by Gasteiger charge is 2.27. The SMILES string of the molecule is C[C@@H](OC(=O)CN1C(=O)CCOc2ccccc21)C(=O)Nc1ccc(Cl)cc1. The Bertz CT molecular complexity index is 884. The summed E-state index contributed by atoms with van der Waals surface area (Å²) in [6.45, 7) is 1.39. The fourth-order valence-electron chi connectivity index (χ4n) is 2.69. The summed E-state index contributed by atoms with van der Waals surface area (Å²) < 4.78 is 10.7. The smallest absolute Gasteiger partial charge is 0.326 e. The molecule has 2 aromatic rings. The van der Waals surface area contributed by atoms with Gasteiger partial charge in [0.25, 0.3) is 5.91 Å². The van der Waals surface area contributed by atoms with Crippen LogP contribution in [-0.4, -0.2) is 37.0 Å². The van der Waals surface area contributed by atoms with Gasteiger partial charge in [-0.15, -0.1) is 0 Å². The Balaban J connectivity index is 1.62. The van der Waals surface area contributed by atoms with Gasteiger partial charge in [-0.3, -0.25) is 19.3 Å². The fourth-order valence-corrected chi connectivity index (χ4v) is 2.81. The van der Waals surface area contributed by atoms with Crippen molar-refractivity contribution in [3.05, 3.63) is 53.6 Å². The summed E-state index contributed by atoms with van der Waals surface area (Å²) in [4.78, 5) is 38.2. The Kier molecular flexibility index (Phi) is 6.16. The standard InChI is InChI=1S/C20H19ClN2O5/c1-13(20(26)22-15-8-6-14(21)7-9-15)28-19(25)12-23-16-4-2-3-5-17(16)27-11-10-18(23)24/h2-9,13H,10-12H2,1H3,(H,22,26)/t13-/m1/s1.